The summed E-state index contributed by atoms with van der Waals surface area (Å²) in [5.74, 6) is -0.564. The molecule has 2 aliphatic heterocycles. The van der Waals surface area contributed by atoms with E-state index in [9.17, 15) is 4.79 Å². The molecule has 0 radical (unpaired) electrons. The number of anilines is 1. The highest BCUT2D eigenvalue weighted by atomic mass is 35.5. The average Bonchev–Trinajstić information content (AvgIpc) is 3.15. The van der Waals surface area contributed by atoms with Crippen LogP contribution in [0.3, 0.4) is 0 Å². The summed E-state index contributed by atoms with van der Waals surface area (Å²) >= 11 is 6.15. The maximum atomic E-state index is 13.0. The summed E-state index contributed by atoms with van der Waals surface area (Å²) in [6.45, 7) is 5.35. The number of carbonyl (C=O) groups excluding carboxylic acids is 1. The van der Waals surface area contributed by atoms with Gasteiger partial charge in [0.1, 0.15) is 5.92 Å². The molecule has 33 heavy (non-hydrogen) atoms. The predicted octanol–water partition coefficient (Wildman–Crippen LogP) is 4.94. The third-order valence-electron chi connectivity index (χ3n) is 6.38. The topological polar surface area (TPSA) is 47.9 Å². The molecule has 0 bridgehead atoms. The maximum Gasteiger partial charge on any atom is 0.238 e. The monoisotopic (exact) mass is 458 g/mol. The Morgan fingerprint density at radius 1 is 1.00 bits per heavy atom. The third kappa shape index (κ3) is 4.86. The molecule has 2 heterocycles. The number of amides is 1. The fourth-order valence-corrected chi connectivity index (χ4v) is 4.66. The van der Waals surface area contributed by atoms with Gasteiger partial charge in [0.25, 0.3) is 0 Å². The third-order valence-corrected chi connectivity index (χ3v) is 6.61. The van der Waals surface area contributed by atoms with Crippen LogP contribution in [0.4, 0.5) is 11.4 Å². The van der Waals surface area contributed by atoms with Crippen molar-refractivity contribution in [3.05, 3.63) is 94.5 Å². The largest absolute Gasteiger partial charge is 0.325 e. The smallest absolute Gasteiger partial charge is 0.238 e. The molecule has 1 N–H and O–H groups in total. The summed E-state index contributed by atoms with van der Waals surface area (Å²) in [5, 5.41) is 3.57. The van der Waals surface area contributed by atoms with Gasteiger partial charge in [-0.1, -0.05) is 60.1 Å². The van der Waals surface area contributed by atoms with Gasteiger partial charge >= 0.3 is 0 Å². The Kier molecular flexibility index (Phi) is 6.27. The lowest BCUT2D eigenvalue weighted by Crippen LogP contribution is -2.43. The minimum atomic E-state index is -0.482. The SMILES string of the molecule is CN1CCN(Cc2ccc(N=C(c3ccccc3)C3C(=O)Nc4cc(Cl)ccc43)cc2)CC1. The van der Waals surface area contributed by atoms with Gasteiger partial charge in [0.15, 0.2) is 0 Å². The van der Waals surface area contributed by atoms with Gasteiger partial charge in [0, 0.05) is 43.4 Å². The fourth-order valence-electron chi connectivity index (χ4n) is 4.49. The fraction of sp³-hybridized carbons (Fsp3) is 0.259. The first-order valence-electron chi connectivity index (χ1n) is 11.3. The molecule has 1 fully saturated rings. The van der Waals surface area contributed by atoms with Crippen LogP contribution in [-0.4, -0.2) is 54.6 Å². The summed E-state index contributed by atoms with van der Waals surface area (Å²) in [6, 6.07) is 23.8. The molecule has 3 aromatic rings. The number of halogens is 1. The number of benzene rings is 3. The van der Waals surface area contributed by atoms with Crippen molar-refractivity contribution in [2.24, 2.45) is 4.99 Å². The average molecular weight is 459 g/mol. The Hall–Kier alpha value is -2.99. The Morgan fingerprint density at radius 2 is 1.73 bits per heavy atom. The van der Waals surface area contributed by atoms with Crippen LogP contribution in [0.2, 0.25) is 5.02 Å². The van der Waals surface area contributed by atoms with Crippen molar-refractivity contribution in [2.75, 3.05) is 38.5 Å². The molecular formula is C27H27ClN4O. The van der Waals surface area contributed by atoms with Crippen LogP contribution in [0, 0.1) is 0 Å². The molecule has 5 rings (SSSR count). The number of hydrogen-bond acceptors (Lipinski definition) is 4. The number of piperazine rings is 1. The highest BCUT2D eigenvalue weighted by Crippen LogP contribution is 2.37. The standard InChI is InChI=1S/C27H27ClN4O/c1-31-13-15-32(16-14-31)18-19-7-10-22(11-8-19)29-26(20-5-3-2-4-6-20)25-23-12-9-21(28)17-24(23)30-27(25)33/h2-12,17,25H,13-16,18H2,1H3,(H,30,33). The Balaban J connectivity index is 1.45. The molecular weight excluding hydrogens is 432 g/mol. The van der Waals surface area contributed by atoms with Gasteiger partial charge in [-0.15, -0.1) is 0 Å². The molecule has 5 nitrogen and oxygen atoms in total. The van der Waals surface area contributed by atoms with Crippen molar-refractivity contribution in [2.45, 2.75) is 12.5 Å². The van der Waals surface area contributed by atoms with E-state index in [1.165, 1.54) is 5.56 Å². The molecule has 0 spiro atoms. The van der Waals surface area contributed by atoms with Gasteiger partial charge < -0.3 is 10.2 Å². The van der Waals surface area contributed by atoms with Crippen LogP contribution in [0.5, 0.6) is 0 Å². The minimum absolute atomic E-state index is 0.0819. The van der Waals surface area contributed by atoms with Gasteiger partial charge in [-0.3, -0.25) is 14.7 Å². The van der Waals surface area contributed by atoms with Crippen LogP contribution in [0.15, 0.2) is 77.8 Å². The molecule has 1 saturated heterocycles. The zero-order chi connectivity index (χ0) is 22.8. The number of nitrogens with one attached hydrogen (secondary N) is 1. The molecule has 6 heteroatoms. The van der Waals surface area contributed by atoms with Crippen molar-refractivity contribution in [1.29, 1.82) is 0 Å². The number of likely N-dealkylation sites (N-methyl/N-ethyl adjacent to an activating group) is 1. The second kappa shape index (κ2) is 9.48. The molecule has 1 unspecified atom stereocenters. The first kappa shape index (κ1) is 21.8. The predicted molar refractivity (Wildman–Crippen MR) is 135 cm³/mol. The summed E-state index contributed by atoms with van der Waals surface area (Å²) in [5.41, 5.74) is 5.44. The molecule has 168 valence electrons. The van der Waals surface area contributed by atoms with E-state index in [-0.39, 0.29) is 5.91 Å². The van der Waals surface area contributed by atoms with E-state index in [1.54, 1.807) is 6.07 Å². The van der Waals surface area contributed by atoms with E-state index in [1.807, 2.05) is 54.6 Å². The molecule has 2 aliphatic rings. The molecule has 0 aromatic heterocycles. The van der Waals surface area contributed by atoms with Crippen molar-refractivity contribution in [3.63, 3.8) is 0 Å². The zero-order valence-electron chi connectivity index (χ0n) is 18.7. The highest BCUT2D eigenvalue weighted by molar-refractivity contribution is 6.31. The molecule has 1 atom stereocenters. The van der Waals surface area contributed by atoms with Crippen LogP contribution in [0.1, 0.15) is 22.6 Å². The van der Waals surface area contributed by atoms with Gasteiger partial charge in [-0.05, 0) is 48.0 Å². The summed E-state index contributed by atoms with van der Waals surface area (Å²) in [6.07, 6.45) is 0. The van der Waals surface area contributed by atoms with Crippen molar-refractivity contribution < 1.29 is 4.79 Å². The van der Waals surface area contributed by atoms with Gasteiger partial charge in [0.05, 0.1) is 11.4 Å². The van der Waals surface area contributed by atoms with Crippen molar-refractivity contribution in [3.8, 4) is 0 Å². The normalized spacial score (nSPS) is 19.4. The molecule has 3 aromatic carbocycles. The van der Waals surface area contributed by atoms with Gasteiger partial charge in [-0.25, -0.2) is 0 Å². The molecule has 0 aliphatic carbocycles. The minimum Gasteiger partial charge on any atom is -0.325 e. The summed E-state index contributed by atoms with van der Waals surface area (Å²) in [7, 11) is 2.17. The van der Waals surface area contributed by atoms with Gasteiger partial charge in [0.2, 0.25) is 5.91 Å². The van der Waals surface area contributed by atoms with Crippen molar-refractivity contribution >= 4 is 34.6 Å². The number of hydrogen-bond donors (Lipinski definition) is 1. The first-order chi connectivity index (χ1) is 16.1. The number of carbonyl (C=O) groups is 1. The second-order valence-corrected chi connectivity index (χ2v) is 9.20. The van der Waals surface area contributed by atoms with Crippen LogP contribution < -0.4 is 5.32 Å². The van der Waals surface area contributed by atoms with Gasteiger partial charge in [-0.2, -0.15) is 0 Å². The van der Waals surface area contributed by atoms with Crippen molar-refractivity contribution in [1.82, 2.24) is 9.80 Å². The number of nitrogens with zero attached hydrogens (tertiary/aromatic N) is 3. The van der Waals surface area contributed by atoms with E-state index >= 15 is 0 Å². The van der Waals surface area contributed by atoms with E-state index < -0.39 is 5.92 Å². The zero-order valence-corrected chi connectivity index (χ0v) is 19.4. The second-order valence-electron chi connectivity index (χ2n) is 8.76. The lowest BCUT2D eigenvalue weighted by atomic mass is 9.90. The summed E-state index contributed by atoms with van der Waals surface area (Å²) < 4.78 is 0. The number of aliphatic imine (C=N–C) groups is 1. The molecule has 1 amide bonds. The highest BCUT2D eigenvalue weighted by Gasteiger charge is 2.35. The lowest BCUT2D eigenvalue weighted by molar-refractivity contribution is -0.115. The quantitative estimate of drug-likeness (QED) is 0.550. The Morgan fingerprint density at radius 3 is 2.45 bits per heavy atom. The van der Waals surface area contributed by atoms with E-state index in [0.29, 0.717) is 5.02 Å². The van der Waals surface area contributed by atoms with E-state index in [2.05, 4.69) is 34.3 Å². The van der Waals surface area contributed by atoms with Crippen LogP contribution >= 0.6 is 11.6 Å². The van der Waals surface area contributed by atoms with Crippen LogP contribution in [0.25, 0.3) is 0 Å². The summed E-state index contributed by atoms with van der Waals surface area (Å²) in [4.78, 5) is 22.8. The first-order valence-corrected chi connectivity index (χ1v) is 11.7. The van der Waals surface area contributed by atoms with E-state index in [4.69, 9.17) is 16.6 Å². The van der Waals surface area contributed by atoms with E-state index in [0.717, 1.165) is 60.9 Å². The number of rotatable bonds is 5. The lowest BCUT2D eigenvalue weighted by Gasteiger charge is -2.32. The Bertz CT molecular complexity index is 1170. The Labute approximate surface area is 199 Å². The van der Waals surface area contributed by atoms with Crippen LogP contribution in [-0.2, 0) is 11.3 Å². The molecule has 0 saturated carbocycles. The number of fused-ring (bicyclic) bond motifs is 1. The maximum absolute atomic E-state index is 13.0.